The normalized spacial score (nSPS) is 16.4. The van der Waals surface area contributed by atoms with Gasteiger partial charge >= 0.3 is 0 Å². The molecule has 0 bridgehead atoms. The molecule has 5 nitrogen and oxygen atoms in total. The Morgan fingerprint density at radius 1 is 1.05 bits per heavy atom. The molecule has 0 atom stereocenters. The Morgan fingerprint density at radius 2 is 1.81 bits per heavy atom. The molecule has 118 valence electrons. The Bertz CT molecular complexity index is 388. The molecule has 1 aromatic heterocycles. The van der Waals surface area contributed by atoms with Crippen LogP contribution in [-0.4, -0.2) is 54.3 Å². The molecule has 1 aliphatic heterocycles. The molecule has 0 aromatic carbocycles. The maximum atomic E-state index is 8.76. The van der Waals surface area contributed by atoms with Crippen molar-refractivity contribution in [3.63, 3.8) is 0 Å². The van der Waals surface area contributed by atoms with Gasteiger partial charge in [-0.15, -0.1) is 0 Å². The SMILES string of the molecule is NCc1ccc(N2CCN(CCCCCCO)CC2)nc1. The van der Waals surface area contributed by atoms with Gasteiger partial charge in [0.1, 0.15) is 5.82 Å². The Balaban J connectivity index is 1.67. The number of nitrogens with zero attached hydrogens (tertiary/aromatic N) is 3. The van der Waals surface area contributed by atoms with Crippen LogP contribution >= 0.6 is 0 Å². The third-order valence-electron chi connectivity index (χ3n) is 4.12. The molecular weight excluding hydrogens is 264 g/mol. The van der Waals surface area contributed by atoms with Crippen molar-refractivity contribution in [2.24, 2.45) is 5.73 Å². The fourth-order valence-corrected chi connectivity index (χ4v) is 2.73. The van der Waals surface area contributed by atoms with Crippen molar-refractivity contribution in [2.45, 2.75) is 32.2 Å². The summed E-state index contributed by atoms with van der Waals surface area (Å²) in [6.07, 6.45) is 6.43. The Morgan fingerprint density at radius 3 is 2.43 bits per heavy atom. The van der Waals surface area contributed by atoms with Crippen molar-refractivity contribution >= 4 is 5.82 Å². The standard InChI is InChI=1S/C16H28N4O/c17-13-15-5-6-16(18-14-15)20-10-8-19(9-11-20)7-3-1-2-4-12-21/h5-6,14,21H,1-4,7-13,17H2. The predicted octanol–water partition coefficient (Wildman–Crippen LogP) is 1.21. The van der Waals surface area contributed by atoms with E-state index in [2.05, 4.69) is 26.9 Å². The maximum Gasteiger partial charge on any atom is 0.128 e. The quantitative estimate of drug-likeness (QED) is 0.705. The van der Waals surface area contributed by atoms with E-state index in [9.17, 15) is 0 Å². The van der Waals surface area contributed by atoms with Gasteiger partial charge in [0.05, 0.1) is 0 Å². The van der Waals surface area contributed by atoms with Gasteiger partial charge < -0.3 is 15.7 Å². The van der Waals surface area contributed by atoms with E-state index in [4.69, 9.17) is 10.8 Å². The number of anilines is 1. The Hall–Kier alpha value is -1.17. The minimum Gasteiger partial charge on any atom is -0.396 e. The minimum atomic E-state index is 0.328. The number of aromatic nitrogens is 1. The van der Waals surface area contributed by atoms with Crippen LogP contribution in [0, 0.1) is 0 Å². The zero-order valence-corrected chi connectivity index (χ0v) is 12.9. The van der Waals surface area contributed by atoms with E-state index in [0.717, 1.165) is 50.4 Å². The molecule has 0 amide bonds. The zero-order valence-electron chi connectivity index (χ0n) is 12.9. The number of piperazine rings is 1. The van der Waals surface area contributed by atoms with Crippen LogP contribution in [0.3, 0.4) is 0 Å². The molecule has 0 saturated carbocycles. The number of rotatable bonds is 8. The second-order valence-corrected chi connectivity index (χ2v) is 5.70. The second-order valence-electron chi connectivity index (χ2n) is 5.70. The number of unbranched alkanes of at least 4 members (excludes halogenated alkanes) is 3. The highest BCUT2D eigenvalue weighted by Crippen LogP contribution is 2.14. The minimum absolute atomic E-state index is 0.328. The Kier molecular flexibility index (Phi) is 6.92. The summed E-state index contributed by atoms with van der Waals surface area (Å²) in [7, 11) is 0. The molecular formula is C16H28N4O. The zero-order chi connectivity index (χ0) is 14.9. The summed E-state index contributed by atoms with van der Waals surface area (Å²) >= 11 is 0. The van der Waals surface area contributed by atoms with Gasteiger partial charge in [0.25, 0.3) is 0 Å². The van der Waals surface area contributed by atoms with E-state index < -0.39 is 0 Å². The van der Waals surface area contributed by atoms with Crippen LogP contribution in [-0.2, 0) is 6.54 Å². The summed E-state index contributed by atoms with van der Waals surface area (Å²) in [5.41, 5.74) is 6.68. The summed E-state index contributed by atoms with van der Waals surface area (Å²) in [6, 6.07) is 4.14. The second kappa shape index (κ2) is 8.97. The highest BCUT2D eigenvalue weighted by molar-refractivity contribution is 5.39. The van der Waals surface area contributed by atoms with Crippen molar-refractivity contribution in [3.05, 3.63) is 23.9 Å². The molecule has 0 aliphatic carbocycles. The summed E-state index contributed by atoms with van der Waals surface area (Å²) in [4.78, 5) is 9.38. The van der Waals surface area contributed by atoms with Crippen molar-refractivity contribution in [1.29, 1.82) is 0 Å². The maximum absolute atomic E-state index is 8.76. The van der Waals surface area contributed by atoms with Gasteiger partial charge in [-0.25, -0.2) is 4.98 Å². The fraction of sp³-hybridized carbons (Fsp3) is 0.688. The molecule has 5 heteroatoms. The van der Waals surface area contributed by atoms with Crippen LogP contribution in [0.1, 0.15) is 31.2 Å². The van der Waals surface area contributed by atoms with Crippen LogP contribution in [0.4, 0.5) is 5.82 Å². The summed E-state index contributed by atoms with van der Waals surface area (Å²) in [5, 5.41) is 8.76. The van der Waals surface area contributed by atoms with Gasteiger partial charge in [-0.1, -0.05) is 18.9 Å². The molecule has 3 N–H and O–H groups in total. The number of aliphatic hydroxyl groups is 1. The monoisotopic (exact) mass is 292 g/mol. The van der Waals surface area contributed by atoms with Crippen LogP contribution in [0.25, 0.3) is 0 Å². The van der Waals surface area contributed by atoms with Gasteiger partial charge in [-0.3, -0.25) is 4.90 Å². The lowest BCUT2D eigenvalue weighted by atomic mass is 10.2. The molecule has 21 heavy (non-hydrogen) atoms. The number of pyridine rings is 1. The topological polar surface area (TPSA) is 65.6 Å². The first-order valence-corrected chi connectivity index (χ1v) is 8.06. The first-order valence-electron chi connectivity index (χ1n) is 8.06. The largest absolute Gasteiger partial charge is 0.396 e. The molecule has 1 fully saturated rings. The van der Waals surface area contributed by atoms with Gasteiger partial charge in [-0.05, 0) is 31.0 Å². The van der Waals surface area contributed by atoms with Crippen LogP contribution in [0.15, 0.2) is 18.3 Å². The van der Waals surface area contributed by atoms with Crippen molar-refractivity contribution in [1.82, 2.24) is 9.88 Å². The molecule has 1 aromatic rings. The van der Waals surface area contributed by atoms with Gasteiger partial charge in [-0.2, -0.15) is 0 Å². The molecule has 1 aliphatic rings. The molecule has 2 rings (SSSR count). The summed E-state index contributed by atoms with van der Waals surface area (Å²) in [5.74, 6) is 1.06. The Labute approximate surface area is 127 Å². The van der Waals surface area contributed by atoms with Gasteiger partial charge in [0.15, 0.2) is 0 Å². The fourth-order valence-electron chi connectivity index (χ4n) is 2.73. The lowest BCUT2D eigenvalue weighted by molar-refractivity contribution is 0.247. The lowest BCUT2D eigenvalue weighted by Gasteiger charge is -2.35. The van der Waals surface area contributed by atoms with E-state index in [1.54, 1.807) is 0 Å². The van der Waals surface area contributed by atoms with Crippen LogP contribution in [0.2, 0.25) is 0 Å². The number of aliphatic hydroxyl groups excluding tert-OH is 1. The highest BCUT2D eigenvalue weighted by atomic mass is 16.2. The van der Waals surface area contributed by atoms with E-state index in [1.807, 2.05) is 6.20 Å². The summed E-state index contributed by atoms with van der Waals surface area (Å²) in [6.45, 7) is 6.38. The third-order valence-corrected chi connectivity index (χ3v) is 4.12. The number of hydrogen-bond donors (Lipinski definition) is 2. The first-order chi connectivity index (χ1) is 10.3. The molecule has 0 spiro atoms. The van der Waals surface area contributed by atoms with Crippen molar-refractivity contribution in [2.75, 3.05) is 44.2 Å². The highest BCUT2D eigenvalue weighted by Gasteiger charge is 2.17. The average molecular weight is 292 g/mol. The first kappa shape index (κ1) is 16.2. The average Bonchev–Trinajstić information content (AvgIpc) is 2.55. The van der Waals surface area contributed by atoms with Gasteiger partial charge in [0.2, 0.25) is 0 Å². The van der Waals surface area contributed by atoms with Crippen LogP contribution < -0.4 is 10.6 Å². The molecule has 0 unspecified atom stereocenters. The van der Waals surface area contributed by atoms with E-state index >= 15 is 0 Å². The van der Waals surface area contributed by atoms with Crippen molar-refractivity contribution in [3.8, 4) is 0 Å². The third kappa shape index (κ3) is 5.26. The van der Waals surface area contributed by atoms with Crippen LogP contribution in [0.5, 0.6) is 0 Å². The number of nitrogens with two attached hydrogens (primary N) is 1. The smallest absolute Gasteiger partial charge is 0.128 e. The molecule has 1 saturated heterocycles. The lowest BCUT2D eigenvalue weighted by Crippen LogP contribution is -2.46. The summed E-state index contributed by atoms with van der Waals surface area (Å²) < 4.78 is 0. The van der Waals surface area contributed by atoms with Crippen molar-refractivity contribution < 1.29 is 5.11 Å². The van der Waals surface area contributed by atoms with E-state index in [1.165, 1.54) is 19.4 Å². The number of hydrogen-bond acceptors (Lipinski definition) is 5. The van der Waals surface area contributed by atoms with E-state index in [0.29, 0.717) is 13.2 Å². The van der Waals surface area contributed by atoms with Gasteiger partial charge in [0, 0.05) is 45.5 Å². The van der Waals surface area contributed by atoms with E-state index in [-0.39, 0.29) is 0 Å². The molecule has 0 radical (unpaired) electrons. The predicted molar refractivity (Wildman–Crippen MR) is 86.3 cm³/mol. The molecule has 2 heterocycles.